The second-order valence-electron chi connectivity index (χ2n) is 12.7. The van der Waals surface area contributed by atoms with Crippen molar-refractivity contribution in [1.29, 1.82) is 0 Å². The van der Waals surface area contributed by atoms with Crippen LogP contribution in [-0.4, -0.2) is 105 Å². The van der Waals surface area contributed by atoms with E-state index >= 15 is 4.39 Å². The second-order valence-corrected chi connectivity index (χ2v) is 12.7. The Morgan fingerprint density at radius 1 is 1.13 bits per heavy atom. The zero-order chi connectivity index (χ0) is 32.9. The van der Waals surface area contributed by atoms with Crippen LogP contribution in [0.15, 0.2) is 18.2 Å². The minimum absolute atomic E-state index is 0.0718. The summed E-state index contributed by atoms with van der Waals surface area (Å²) in [6.45, 7) is 2.11. The average Bonchev–Trinajstić information content (AvgIpc) is 3.85. The van der Waals surface area contributed by atoms with Crippen molar-refractivity contribution in [2.24, 2.45) is 23.5 Å². The van der Waals surface area contributed by atoms with Gasteiger partial charge >= 0.3 is 0 Å². The Morgan fingerprint density at radius 3 is 2.27 bits per heavy atom. The normalized spacial score (nSPS) is 24.2. The highest BCUT2D eigenvalue weighted by atomic mass is 19.2. The Labute approximate surface area is 261 Å². The van der Waals surface area contributed by atoms with Gasteiger partial charge in [0.05, 0.1) is 18.3 Å². The van der Waals surface area contributed by atoms with Crippen LogP contribution in [0.2, 0.25) is 0 Å². The van der Waals surface area contributed by atoms with Gasteiger partial charge in [-0.25, -0.2) is 13.2 Å². The molecule has 0 radical (unpaired) electrons. The molecule has 1 aromatic rings. The average molecular weight is 639 g/mol. The lowest BCUT2D eigenvalue weighted by molar-refractivity contribution is -0.140. The SMILES string of the molecule is COCC(=O)NC(C(=O)N1CCN(C)C(CF)C1)C(C)c1ccc(NC(=O)CC(C2CC2)C2CC2)c(F)c1.NC(=O)C1(F)CN1. The lowest BCUT2D eigenvalue weighted by atomic mass is 9.91. The molecule has 4 aliphatic rings. The fourth-order valence-corrected chi connectivity index (χ4v) is 5.80. The monoisotopic (exact) mass is 638 g/mol. The van der Waals surface area contributed by atoms with Crippen LogP contribution in [0.1, 0.15) is 50.5 Å². The van der Waals surface area contributed by atoms with E-state index in [4.69, 9.17) is 4.74 Å². The number of carbonyl (C=O) groups is 4. The van der Waals surface area contributed by atoms with Gasteiger partial charge in [0.2, 0.25) is 17.7 Å². The van der Waals surface area contributed by atoms with E-state index in [1.54, 1.807) is 17.9 Å². The number of hydrogen-bond acceptors (Lipinski definition) is 7. The standard InChI is InChI=1S/C28H40F2N4O4.C3H5FN2O/c1-17(27(32-26(36)16-38-3)28(37)34-11-10-33(2)21(14-29)15-34)20-8-9-24(23(30)12-20)31-25(35)13-22(18-4-5-18)19-6-7-19;4-3(1-6-3)2(5)7/h8-9,12,17-19,21-22,27H,4-7,10-11,13-16H2,1-3H3,(H,31,35)(H,32,36);6H,1H2,(H2,5,7). The number of amides is 4. The van der Waals surface area contributed by atoms with Gasteiger partial charge in [-0.3, -0.25) is 29.4 Å². The van der Waals surface area contributed by atoms with Crippen molar-refractivity contribution in [3.63, 3.8) is 0 Å². The predicted octanol–water partition coefficient (Wildman–Crippen LogP) is 1.68. The molecular weight excluding hydrogens is 593 g/mol. The zero-order valence-corrected chi connectivity index (χ0v) is 26.1. The van der Waals surface area contributed by atoms with Gasteiger partial charge in [0, 0.05) is 39.1 Å². The molecule has 45 heavy (non-hydrogen) atoms. The van der Waals surface area contributed by atoms with E-state index < -0.39 is 48.1 Å². The molecule has 0 bridgehead atoms. The number of primary amides is 1. The first-order chi connectivity index (χ1) is 21.4. The molecule has 4 unspecified atom stereocenters. The number of nitrogens with zero attached hydrogens (tertiary/aromatic N) is 2. The lowest BCUT2D eigenvalue weighted by Crippen LogP contribution is -2.59. The van der Waals surface area contributed by atoms with E-state index in [0.29, 0.717) is 42.8 Å². The van der Waals surface area contributed by atoms with E-state index in [0.717, 1.165) is 0 Å². The van der Waals surface area contributed by atoms with Crippen LogP contribution < -0.4 is 21.7 Å². The molecule has 11 nitrogen and oxygen atoms in total. The highest BCUT2D eigenvalue weighted by Crippen LogP contribution is 2.50. The zero-order valence-electron chi connectivity index (χ0n) is 26.1. The maximum atomic E-state index is 15.1. The van der Waals surface area contributed by atoms with Crippen molar-refractivity contribution < 1.29 is 37.1 Å². The summed E-state index contributed by atoms with van der Waals surface area (Å²) >= 11 is 0. The fraction of sp³-hybridized carbons (Fsp3) is 0.677. The number of piperazine rings is 1. The number of nitrogens with two attached hydrogens (primary N) is 1. The quantitative estimate of drug-likeness (QED) is 0.189. The Morgan fingerprint density at radius 2 is 1.78 bits per heavy atom. The molecule has 14 heteroatoms. The van der Waals surface area contributed by atoms with Crippen molar-refractivity contribution in [2.45, 2.75) is 62.8 Å². The van der Waals surface area contributed by atoms with Gasteiger partial charge in [0.25, 0.3) is 11.7 Å². The number of nitrogens with one attached hydrogen (secondary N) is 3. The molecule has 4 fully saturated rings. The first-order valence-electron chi connectivity index (χ1n) is 15.5. The van der Waals surface area contributed by atoms with Crippen LogP contribution in [0.25, 0.3) is 0 Å². The Balaban J connectivity index is 0.000000580. The number of rotatable bonds is 13. The topological polar surface area (TPSA) is 156 Å². The minimum atomic E-state index is -1.86. The van der Waals surface area contributed by atoms with Crippen molar-refractivity contribution >= 4 is 29.3 Å². The van der Waals surface area contributed by atoms with Crippen LogP contribution in [-0.2, 0) is 23.9 Å². The smallest absolute Gasteiger partial charge is 0.271 e. The van der Waals surface area contributed by atoms with Gasteiger partial charge in [-0.15, -0.1) is 0 Å². The number of ether oxygens (including phenoxy) is 1. The maximum absolute atomic E-state index is 15.1. The molecule has 2 saturated carbocycles. The largest absolute Gasteiger partial charge is 0.375 e. The number of anilines is 1. The number of alkyl halides is 2. The second kappa shape index (κ2) is 14.9. The molecule has 0 aromatic heterocycles. The Hall–Kier alpha value is -3.23. The molecule has 2 aliphatic heterocycles. The third-order valence-corrected chi connectivity index (χ3v) is 9.17. The van der Waals surface area contributed by atoms with Gasteiger partial charge in [0.1, 0.15) is 25.1 Å². The number of likely N-dealkylation sites (N-methyl/N-ethyl adjacent to an activating group) is 1. The number of benzene rings is 1. The number of halogens is 3. The van der Waals surface area contributed by atoms with Crippen LogP contribution in [0.4, 0.5) is 18.9 Å². The van der Waals surface area contributed by atoms with Crippen molar-refractivity contribution in [3.05, 3.63) is 29.6 Å². The first kappa shape index (κ1) is 34.6. The Kier molecular flexibility index (Phi) is 11.5. The van der Waals surface area contributed by atoms with E-state index in [1.165, 1.54) is 44.9 Å². The fourth-order valence-electron chi connectivity index (χ4n) is 5.80. The number of methoxy groups -OCH3 is 1. The maximum Gasteiger partial charge on any atom is 0.271 e. The summed E-state index contributed by atoms with van der Waals surface area (Å²) in [6, 6.07) is 3.07. The first-order valence-corrected chi connectivity index (χ1v) is 15.5. The van der Waals surface area contributed by atoms with Crippen LogP contribution in [0.3, 0.4) is 0 Å². The summed E-state index contributed by atoms with van der Waals surface area (Å²) in [4.78, 5) is 51.9. The summed E-state index contributed by atoms with van der Waals surface area (Å²) in [7, 11) is 3.19. The van der Waals surface area contributed by atoms with Crippen LogP contribution >= 0.6 is 0 Å². The van der Waals surface area contributed by atoms with Crippen molar-refractivity contribution in [3.8, 4) is 0 Å². The van der Waals surface area contributed by atoms with Gasteiger partial charge < -0.3 is 26.0 Å². The van der Waals surface area contributed by atoms with E-state index in [2.05, 4.69) is 21.7 Å². The van der Waals surface area contributed by atoms with Crippen molar-refractivity contribution in [1.82, 2.24) is 20.4 Å². The number of carbonyl (C=O) groups excluding carboxylic acids is 4. The van der Waals surface area contributed by atoms with Crippen LogP contribution in [0.5, 0.6) is 0 Å². The van der Waals surface area contributed by atoms with E-state index in [9.17, 15) is 28.0 Å². The van der Waals surface area contributed by atoms with Crippen LogP contribution in [0, 0.1) is 23.6 Å². The highest BCUT2D eigenvalue weighted by molar-refractivity contribution is 5.91. The summed E-state index contributed by atoms with van der Waals surface area (Å²) in [5, 5.41) is 7.62. The highest BCUT2D eigenvalue weighted by Gasteiger charge is 2.49. The molecule has 5 rings (SSSR count). The molecule has 2 aliphatic carbocycles. The molecule has 4 atom stereocenters. The van der Waals surface area contributed by atoms with E-state index in [-0.39, 0.29) is 37.2 Å². The minimum Gasteiger partial charge on any atom is -0.375 e. The Bertz CT molecular complexity index is 1230. The van der Waals surface area contributed by atoms with Gasteiger partial charge in [-0.1, -0.05) is 13.0 Å². The van der Waals surface area contributed by atoms with Gasteiger partial charge in [-0.2, -0.15) is 0 Å². The summed E-state index contributed by atoms with van der Waals surface area (Å²) in [5.41, 5.74) is 5.16. The third kappa shape index (κ3) is 9.39. The summed E-state index contributed by atoms with van der Waals surface area (Å²) in [6.07, 6.45) is 5.13. The molecular formula is C31H45F3N6O5. The molecule has 5 N–H and O–H groups in total. The number of hydrogen-bond donors (Lipinski definition) is 4. The summed E-state index contributed by atoms with van der Waals surface area (Å²) < 4.78 is 45.6. The molecule has 2 saturated heterocycles. The van der Waals surface area contributed by atoms with Gasteiger partial charge in [0.15, 0.2) is 0 Å². The summed E-state index contributed by atoms with van der Waals surface area (Å²) in [5.74, 6) is -3.31. The van der Waals surface area contributed by atoms with Crippen molar-refractivity contribution in [2.75, 3.05) is 58.9 Å². The third-order valence-electron chi connectivity index (χ3n) is 9.17. The predicted molar refractivity (Wildman–Crippen MR) is 161 cm³/mol. The molecule has 2 heterocycles. The van der Waals surface area contributed by atoms with Gasteiger partial charge in [-0.05, 0) is 68.2 Å². The van der Waals surface area contributed by atoms with E-state index in [1.807, 2.05) is 11.9 Å². The molecule has 250 valence electrons. The lowest BCUT2D eigenvalue weighted by Gasteiger charge is -2.40. The molecule has 1 aromatic carbocycles. The molecule has 4 amide bonds. The molecule has 0 spiro atoms.